The van der Waals surface area contributed by atoms with Crippen molar-refractivity contribution in [1.29, 1.82) is 0 Å². The summed E-state index contributed by atoms with van der Waals surface area (Å²) < 4.78 is 44.4. The number of benzene rings is 1. The highest BCUT2D eigenvalue weighted by Crippen LogP contribution is 2.39. The lowest BCUT2D eigenvalue weighted by Crippen LogP contribution is -2.31. The zero-order chi connectivity index (χ0) is 15.6. The average molecular weight is 301 g/mol. The molecule has 0 aliphatic heterocycles. The first-order valence-corrected chi connectivity index (χ1v) is 7.31. The van der Waals surface area contributed by atoms with Crippen LogP contribution in [0.4, 0.5) is 18.9 Å². The number of hydrogen-bond acceptors (Lipinski definition) is 2. The fourth-order valence-corrected chi connectivity index (χ4v) is 3.30. The highest BCUT2D eigenvalue weighted by Gasteiger charge is 2.35. The summed E-state index contributed by atoms with van der Waals surface area (Å²) in [5, 5.41) is 3.09. The molecule has 0 spiro atoms. The molecule has 5 heteroatoms. The van der Waals surface area contributed by atoms with E-state index in [1.54, 1.807) is 6.07 Å². The van der Waals surface area contributed by atoms with Gasteiger partial charge in [-0.25, -0.2) is 0 Å². The number of anilines is 1. The van der Waals surface area contributed by atoms with Gasteiger partial charge in [-0.3, -0.25) is 0 Å². The molecule has 0 heterocycles. The fourth-order valence-electron chi connectivity index (χ4n) is 3.30. The molecule has 2 rings (SSSR count). The summed E-state index contributed by atoms with van der Waals surface area (Å²) in [5.74, 6) is 1.30. The van der Waals surface area contributed by atoms with Crippen molar-refractivity contribution in [2.24, 2.45) is 11.8 Å². The number of ether oxygens (including phenoxy) is 1. The number of halogens is 3. The Morgan fingerprint density at radius 1 is 1.10 bits per heavy atom. The van der Waals surface area contributed by atoms with Gasteiger partial charge >= 0.3 is 6.18 Å². The standard InChI is InChI=1S/C16H22F3NO/c1-10-6-11(2)8-12(7-10)20-15-5-4-13(21-3)9-14(15)16(17,18)19/h4-5,9-12,20H,6-8H2,1-3H3. The van der Waals surface area contributed by atoms with Crippen molar-refractivity contribution in [2.45, 2.75) is 45.3 Å². The lowest BCUT2D eigenvalue weighted by atomic mass is 9.80. The zero-order valence-electron chi connectivity index (χ0n) is 12.6. The molecule has 1 N–H and O–H groups in total. The number of methoxy groups -OCH3 is 1. The van der Waals surface area contributed by atoms with Crippen LogP contribution in [0, 0.1) is 11.8 Å². The normalized spacial score (nSPS) is 26.5. The van der Waals surface area contributed by atoms with Crippen LogP contribution in [0.15, 0.2) is 18.2 Å². The number of nitrogens with one attached hydrogen (secondary N) is 1. The summed E-state index contributed by atoms with van der Waals surface area (Å²) in [6.07, 6.45) is -1.42. The second-order valence-corrected chi connectivity index (χ2v) is 6.17. The zero-order valence-corrected chi connectivity index (χ0v) is 12.6. The highest BCUT2D eigenvalue weighted by atomic mass is 19.4. The predicted molar refractivity (Wildman–Crippen MR) is 77.6 cm³/mol. The van der Waals surface area contributed by atoms with Crippen molar-refractivity contribution in [3.8, 4) is 5.75 Å². The summed E-state index contributed by atoms with van der Waals surface area (Å²) in [5.41, 5.74) is -0.512. The molecule has 1 aliphatic rings. The summed E-state index contributed by atoms with van der Waals surface area (Å²) in [6.45, 7) is 4.31. The minimum atomic E-state index is -4.39. The van der Waals surface area contributed by atoms with Crippen LogP contribution in [0.25, 0.3) is 0 Å². The quantitative estimate of drug-likeness (QED) is 0.853. The highest BCUT2D eigenvalue weighted by molar-refractivity contribution is 5.56. The smallest absolute Gasteiger partial charge is 0.418 e. The minimum absolute atomic E-state index is 0.0956. The van der Waals surface area contributed by atoms with Crippen molar-refractivity contribution in [3.63, 3.8) is 0 Å². The van der Waals surface area contributed by atoms with E-state index in [1.165, 1.54) is 13.2 Å². The molecule has 1 saturated carbocycles. The second-order valence-electron chi connectivity index (χ2n) is 6.17. The molecule has 0 radical (unpaired) electrons. The molecule has 2 atom stereocenters. The van der Waals surface area contributed by atoms with Gasteiger partial charge in [-0.15, -0.1) is 0 Å². The van der Waals surface area contributed by atoms with Crippen LogP contribution in [0.5, 0.6) is 5.75 Å². The van der Waals surface area contributed by atoms with Gasteiger partial charge in [-0.1, -0.05) is 13.8 Å². The van der Waals surface area contributed by atoms with Crippen LogP contribution in [-0.4, -0.2) is 13.2 Å². The van der Waals surface area contributed by atoms with Crippen molar-refractivity contribution < 1.29 is 17.9 Å². The lowest BCUT2D eigenvalue weighted by molar-refractivity contribution is -0.137. The van der Waals surface area contributed by atoms with Crippen molar-refractivity contribution >= 4 is 5.69 Å². The maximum Gasteiger partial charge on any atom is 0.418 e. The van der Waals surface area contributed by atoms with Gasteiger partial charge in [-0.2, -0.15) is 13.2 Å². The van der Waals surface area contributed by atoms with E-state index in [0.29, 0.717) is 11.8 Å². The molecule has 1 fully saturated rings. The molecule has 21 heavy (non-hydrogen) atoms. The fraction of sp³-hybridized carbons (Fsp3) is 0.625. The SMILES string of the molecule is COc1ccc(NC2CC(C)CC(C)C2)c(C(F)(F)F)c1. The Morgan fingerprint density at radius 2 is 1.71 bits per heavy atom. The molecule has 1 aliphatic carbocycles. The maximum atomic E-state index is 13.2. The van der Waals surface area contributed by atoms with Crippen molar-refractivity contribution in [1.82, 2.24) is 0 Å². The molecule has 0 aromatic heterocycles. The number of hydrogen-bond donors (Lipinski definition) is 1. The van der Waals surface area contributed by atoms with E-state index >= 15 is 0 Å². The summed E-state index contributed by atoms with van der Waals surface area (Å²) >= 11 is 0. The van der Waals surface area contributed by atoms with E-state index < -0.39 is 11.7 Å². The van der Waals surface area contributed by atoms with Gasteiger partial charge < -0.3 is 10.1 Å². The third-order valence-electron chi connectivity index (χ3n) is 4.07. The minimum Gasteiger partial charge on any atom is -0.497 e. The van der Waals surface area contributed by atoms with E-state index in [0.717, 1.165) is 25.3 Å². The van der Waals surface area contributed by atoms with Crippen LogP contribution < -0.4 is 10.1 Å². The summed E-state index contributed by atoms with van der Waals surface area (Å²) in [4.78, 5) is 0. The monoisotopic (exact) mass is 301 g/mol. The van der Waals surface area contributed by atoms with Crippen LogP contribution in [0.1, 0.15) is 38.7 Å². The van der Waals surface area contributed by atoms with Gasteiger partial charge in [0.05, 0.1) is 12.7 Å². The molecule has 1 aromatic carbocycles. The predicted octanol–water partition coefficient (Wildman–Crippen LogP) is 4.95. The van der Waals surface area contributed by atoms with E-state index in [2.05, 4.69) is 19.2 Å². The molecule has 0 amide bonds. The van der Waals surface area contributed by atoms with Crippen LogP contribution in [0.3, 0.4) is 0 Å². The Bertz CT molecular complexity index is 477. The van der Waals surface area contributed by atoms with Crippen molar-refractivity contribution in [3.05, 3.63) is 23.8 Å². The molecule has 118 valence electrons. The van der Waals surface area contributed by atoms with Crippen LogP contribution in [0.2, 0.25) is 0 Å². The largest absolute Gasteiger partial charge is 0.497 e. The Kier molecular flexibility index (Phi) is 4.69. The van der Waals surface area contributed by atoms with E-state index in [1.807, 2.05) is 0 Å². The Balaban J connectivity index is 2.23. The number of rotatable bonds is 3. The Hall–Kier alpha value is -1.39. The lowest BCUT2D eigenvalue weighted by Gasteiger charge is -2.33. The maximum absolute atomic E-state index is 13.2. The van der Waals surface area contributed by atoms with E-state index in [-0.39, 0.29) is 17.5 Å². The van der Waals surface area contributed by atoms with E-state index in [9.17, 15) is 13.2 Å². The average Bonchev–Trinajstić information content (AvgIpc) is 2.36. The first-order valence-electron chi connectivity index (χ1n) is 7.31. The third-order valence-corrected chi connectivity index (χ3v) is 4.07. The van der Waals surface area contributed by atoms with Crippen LogP contribution in [-0.2, 0) is 6.18 Å². The first kappa shape index (κ1) is 16.0. The van der Waals surface area contributed by atoms with Gasteiger partial charge in [0.2, 0.25) is 0 Å². The molecule has 1 aromatic rings. The molecule has 0 bridgehead atoms. The number of alkyl halides is 3. The summed E-state index contributed by atoms with van der Waals surface area (Å²) in [6, 6.07) is 4.18. The Morgan fingerprint density at radius 3 is 2.24 bits per heavy atom. The second kappa shape index (κ2) is 6.16. The molecular weight excluding hydrogens is 279 g/mol. The topological polar surface area (TPSA) is 21.3 Å². The first-order chi connectivity index (χ1) is 9.79. The van der Waals surface area contributed by atoms with Gasteiger partial charge in [0.25, 0.3) is 0 Å². The third kappa shape index (κ3) is 4.05. The van der Waals surface area contributed by atoms with Gasteiger partial charge in [0.1, 0.15) is 5.75 Å². The van der Waals surface area contributed by atoms with Gasteiger partial charge in [0.15, 0.2) is 0 Å². The molecule has 0 saturated heterocycles. The molecule has 2 nitrogen and oxygen atoms in total. The van der Waals surface area contributed by atoms with Crippen molar-refractivity contribution in [2.75, 3.05) is 12.4 Å². The molecule has 2 unspecified atom stereocenters. The molecular formula is C16H22F3NO. The van der Waals surface area contributed by atoms with Crippen LogP contribution >= 0.6 is 0 Å². The summed E-state index contributed by atoms with van der Waals surface area (Å²) in [7, 11) is 1.37. The van der Waals surface area contributed by atoms with Gasteiger partial charge in [-0.05, 0) is 49.3 Å². The Labute approximate surface area is 123 Å². The van der Waals surface area contributed by atoms with E-state index in [4.69, 9.17) is 4.74 Å². The van der Waals surface area contributed by atoms with Gasteiger partial charge in [0, 0.05) is 11.7 Å².